The first kappa shape index (κ1) is 12.6. The van der Waals surface area contributed by atoms with Crippen molar-refractivity contribution >= 4 is 17.0 Å². The fraction of sp³-hybridized carbons (Fsp3) is 0.455. The number of fused-ring (bicyclic) bond motifs is 1. The minimum absolute atomic E-state index is 0.0145. The molecule has 2 aromatic rings. The van der Waals surface area contributed by atoms with Crippen LogP contribution in [0.5, 0.6) is 0 Å². The Morgan fingerprint density at radius 3 is 2.94 bits per heavy atom. The van der Waals surface area contributed by atoms with Crippen molar-refractivity contribution in [1.29, 1.82) is 0 Å². The van der Waals surface area contributed by atoms with Crippen LogP contribution in [0, 0.1) is 5.92 Å². The summed E-state index contributed by atoms with van der Waals surface area (Å²) in [5.74, 6) is -0.0110. The second-order valence-corrected chi connectivity index (χ2v) is 4.22. The molecule has 0 fully saturated rings. The van der Waals surface area contributed by atoms with Crippen LogP contribution < -0.4 is 11.3 Å². The van der Waals surface area contributed by atoms with Crippen molar-refractivity contribution in [3.8, 4) is 0 Å². The maximum atomic E-state index is 11.6. The molecule has 7 heteroatoms. The monoisotopic (exact) mass is 252 g/mol. The lowest BCUT2D eigenvalue weighted by Crippen LogP contribution is -2.17. The Kier molecular flexibility index (Phi) is 3.63. The van der Waals surface area contributed by atoms with E-state index < -0.39 is 0 Å². The third kappa shape index (κ3) is 2.36. The predicted octanol–water partition coefficient (Wildman–Crippen LogP) is -0.702. The van der Waals surface area contributed by atoms with E-state index in [1.807, 2.05) is 0 Å². The van der Waals surface area contributed by atoms with Gasteiger partial charge in [0, 0.05) is 31.9 Å². The Bertz CT molecular complexity index is 589. The van der Waals surface area contributed by atoms with Gasteiger partial charge in [-0.2, -0.15) is 4.98 Å². The van der Waals surface area contributed by atoms with E-state index in [1.165, 1.54) is 0 Å². The number of hydrogen-bond acceptors (Lipinski definition) is 5. The largest absolute Gasteiger partial charge is 0.396 e. The molecule has 0 saturated heterocycles. The van der Waals surface area contributed by atoms with Crippen molar-refractivity contribution in [1.82, 2.24) is 14.5 Å². The smallest absolute Gasteiger partial charge is 0.261 e. The van der Waals surface area contributed by atoms with Crippen LogP contribution in [0.4, 0.5) is 5.95 Å². The molecule has 0 aliphatic rings. The van der Waals surface area contributed by atoms with E-state index in [4.69, 9.17) is 10.8 Å². The number of rotatable bonds is 5. The number of nitrogens with two attached hydrogens (primary N) is 1. The van der Waals surface area contributed by atoms with E-state index in [0.29, 0.717) is 24.0 Å². The van der Waals surface area contributed by atoms with E-state index in [0.717, 1.165) is 0 Å². The van der Waals surface area contributed by atoms with E-state index >= 15 is 0 Å². The molecule has 1 atom stereocenters. The Morgan fingerprint density at radius 1 is 1.50 bits per heavy atom. The Labute approximate surface area is 103 Å². The van der Waals surface area contributed by atoms with Crippen LogP contribution in [-0.4, -0.2) is 38.0 Å². The molecular weight excluding hydrogens is 236 g/mol. The highest BCUT2D eigenvalue weighted by atomic mass is 16.3. The van der Waals surface area contributed by atoms with E-state index in [9.17, 15) is 9.90 Å². The highest BCUT2D eigenvalue weighted by Crippen LogP contribution is 2.13. The SMILES string of the molecule is Nc1nc2c(ccn2CC(CO)CCO)c(=O)[nH]1. The lowest BCUT2D eigenvalue weighted by Gasteiger charge is -2.14. The molecule has 0 aliphatic carbocycles. The van der Waals surface area contributed by atoms with Crippen molar-refractivity contribution < 1.29 is 10.2 Å². The quantitative estimate of drug-likeness (QED) is 0.561. The molecule has 2 rings (SSSR count). The first-order chi connectivity index (χ1) is 8.65. The maximum Gasteiger partial charge on any atom is 0.261 e. The second-order valence-electron chi connectivity index (χ2n) is 4.22. The van der Waals surface area contributed by atoms with Crippen LogP contribution in [0.1, 0.15) is 6.42 Å². The number of aromatic nitrogens is 3. The van der Waals surface area contributed by atoms with Gasteiger partial charge in [0.05, 0.1) is 5.39 Å². The summed E-state index contributed by atoms with van der Waals surface area (Å²) in [4.78, 5) is 18.1. The summed E-state index contributed by atoms with van der Waals surface area (Å²) in [6.45, 7) is 0.468. The summed E-state index contributed by atoms with van der Waals surface area (Å²) in [5, 5.41) is 18.5. The van der Waals surface area contributed by atoms with Gasteiger partial charge in [-0.1, -0.05) is 0 Å². The Morgan fingerprint density at radius 2 is 2.28 bits per heavy atom. The second kappa shape index (κ2) is 5.19. The van der Waals surface area contributed by atoms with Gasteiger partial charge in [-0.25, -0.2) is 0 Å². The third-order valence-corrected chi connectivity index (χ3v) is 2.90. The molecular formula is C11H16N4O3. The summed E-state index contributed by atoms with van der Waals surface area (Å²) < 4.78 is 1.76. The molecule has 5 N–H and O–H groups in total. The van der Waals surface area contributed by atoms with Crippen LogP contribution in [0.15, 0.2) is 17.1 Å². The van der Waals surface area contributed by atoms with E-state index in [-0.39, 0.29) is 30.6 Å². The normalized spacial score (nSPS) is 13.0. The van der Waals surface area contributed by atoms with Gasteiger partial charge < -0.3 is 20.5 Å². The number of aliphatic hydroxyl groups excluding tert-OH is 2. The van der Waals surface area contributed by atoms with Gasteiger partial charge in [0.1, 0.15) is 5.65 Å². The maximum absolute atomic E-state index is 11.6. The van der Waals surface area contributed by atoms with Gasteiger partial charge in [-0.3, -0.25) is 9.78 Å². The number of hydrogen-bond donors (Lipinski definition) is 4. The van der Waals surface area contributed by atoms with Crippen molar-refractivity contribution in [2.75, 3.05) is 18.9 Å². The topological polar surface area (TPSA) is 117 Å². The first-order valence-corrected chi connectivity index (χ1v) is 5.72. The van der Waals surface area contributed by atoms with Gasteiger partial charge in [0.2, 0.25) is 5.95 Å². The molecule has 0 aromatic carbocycles. The molecule has 0 spiro atoms. The summed E-state index contributed by atoms with van der Waals surface area (Å²) >= 11 is 0. The number of anilines is 1. The third-order valence-electron chi connectivity index (χ3n) is 2.90. The van der Waals surface area contributed by atoms with E-state index in [2.05, 4.69) is 9.97 Å². The molecule has 0 radical (unpaired) electrons. The van der Waals surface area contributed by atoms with Crippen molar-refractivity contribution in [2.24, 2.45) is 5.92 Å². The fourth-order valence-electron chi connectivity index (χ4n) is 1.94. The highest BCUT2D eigenvalue weighted by molar-refractivity contribution is 5.75. The molecule has 0 aliphatic heterocycles. The van der Waals surface area contributed by atoms with Crippen molar-refractivity contribution in [2.45, 2.75) is 13.0 Å². The zero-order valence-electron chi connectivity index (χ0n) is 9.83. The van der Waals surface area contributed by atoms with Gasteiger partial charge >= 0.3 is 0 Å². The number of aromatic amines is 1. The van der Waals surface area contributed by atoms with Gasteiger partial charge in [-0.05, 0) is 12.5 Å². The van der Waals surface area contributed by atoms with Crippen LogP contribution >= 0.6 is 0 Å². The molecule has 1 unspecified atom stereocenters. The molecule has 2 heterocycles. The molecule has 18 heavy (non-hydrogen) atoms. The minimum Gasteiger partial charge on any atom is -0.396 e. The standard InChI is InChI=1S/C11H16N4O3/c12-11-13-9-8(10(18)14-11)1-3-15(9)5-7(6-17)2-4-16/h1,3,7,16-17H,2,4-6H2,(H3,12,13,14,18). The Hall–Kier alpha value is -1.86. The van der Waals surface area contributed by atoms with Crippen LogP contribution in [0.3, 0.4) is 0 Å². The molecule has 0 bridgehead atoms. The lowest BCUT2D eigenvalue weighted by molar-refractivity contribution is 0.171. The molecule has 98 valence electrons. The number of nitrogen functional groups attached to an aromatic ring is 1. The number of nitrogens with zero attached hydrogens (tertiary/aromatic N) is 2. The molecule has 2 aromatic heterocycles. The molecule has 0 saturated carbocycles. The number of aliphatic hydroxyl groups is 2. The van der Waals surface area contributed by atoms with E-state index in [1.54, 1.807) is 16.8 Å². The van der Waals surface area contributed by atoms with Gasteiger partial charge in [-0.15, -0.1) is 0 Å². The minimum atomic E-state index is -0.279. The highest BCUT2D eigenvalue weighted by Gasteiger charge is 2.12. The fourth-order valence-corrected chi connectivity index (χ4v) is 1.94. The van der Waals surface area contributed by atoms with Gasteiger partial charge in [0.25, 0.3) is 5.56 Å². The predicted molar refractivity (Wildman–Crippen MR) is 67.0 cm³/mol. The molecule has 7 nitrogen and oxygen atoms in total. The lowest BCUT2D eigenvalue weighted by atomic mass is 10.1. The van der Waals surface area contributed by atoms with Crippen LogP contribution in [0.25, 0.3) is 11.0 Å². The molecule has 0 amide bonds. The van der Waals surface area contributed by atoms with Crippen molar-refractivity contribution in [3.63, 3.8) is 0 Å². The number of nitrogens with one attached hydrogen (secondary N) is 1. The zero-order valence-corrected chi connectivity index (χ0v) is 9.83. The summed E-state index contributed by atoms with van der Waals surface area (Å²) in [6.07, 6.45) is 2.22. The zero-order chi connectivity index (χ0) is 13.1. The first-order valence-electron chi connectivity index (χ1n) is 5.72. The Balaban J connectivity index is 2.37. The van der Waals surface area contributed by atoms with Gasteiger partial charge in [0.15, 0.2) is 0 Å². The summed E-state index contributed by atoms with van der Waals surface area (Å²) in [5.41, 5.74) is 5.72. The number of H-pyrrole nitrogens is 1. The van der Waals surface area contributed by atoms with Crippen molar-refractivity contribution in [3.05, 3.63) is 22.6 Å². The average molecular weight is 252 g/mol. The summed E-state index contributed by atoms with van der Waals surface area (Å²) in [7, 11) is 0. The summed E-state index contributed by atoms with van der Waals surface area (Å²) in [6, 6.07) is 1.66. The van der Waals surface area contributed by atoms with Crippen LogP contribution in [0.2, 0.25) is 0 Å². The van der Waals surface area contributed by atoms with Crippen LogP contribution in [-0.2, 0) is 6.54 Å². The average Bonchev–Trinajstić information content (AvgIpc) is 2.72.